The molecule has 188 valence electrons. The molecule has 3 heterocycles. The summed E-state index contributed by atoms with van der Waals surface area (Å²) >= 11 is 3.21. The summed E-state index contributed by atoms with van der Waals surface area (Å²) in [5.41, 5.74) is 4.15. The van der Waals surface area contributed by atoms with Crippen LogP contribution >= 0.6 is 22.7 Å². The number of thiazole rings is 1. The van der Waals surface area contributed by atoms with E-state index in [0.29, 0.717) is 24.2 Å². The van der Waals surface area contributed by atoms with Crippen LogP contribution in [-0.2, 0) is 13.0 Å². The van der Waals surface area contributed by atoms with Gasteiger partial charge in [-0.3, -0.25) is 9.36 Å². The number of aryl methyl sites for hydroxylation is 5. The van der Waals surface area contributed by atoms with Crippen molar-refractivity contribution in [3.05, 3.63) is 98.3 Å². The van der Waals surface area contributed by atoms with Gasteiger partial charge in [-0.1, -0.05) is 36.4 Å². The highest BCUT2D eigenvalue weighted by Gasteiger charge is 2.23. The van der Waals surface area contributed by atoms with Crippen molar-refractivity contribution >= 4 is 22.7 Å². The van der Waals surface area contributed by atoms with Crippen molar-refractivity contribution in [3.8, 4) is 37.3 Å². The molecular formula is C29H26FN3O2S2. The minimum atomic E-state index is -0.753. The fourth-order valence-corrected chi connectivity index (χ4v) is 6.94. The van der Waals surface area contributed by atoms with E-state index in [1.807, 2.05) is 57.2 Å². The number of phenolic OH excluding ortho intramolecular Hbond substituents is 1. The molecule has 0 saturated carbocycles. The van der Waals surface area contributed by atoms with E-state index in [1.54, 1.807) is 40.2 Å². The standard InChI is InChI=1S/C29H26FN3O2S2/c1-16-15-23(37-26(16)27-18(3)31-19(4)36-27)24-17(2)32-28(21-11-8-12-22(30)25(21)34)33(29(24)35)14-13-20-9-6-5-7-10-20/h5-12,15,34H,13-14H2,1-4H3. The van der Waals surface area contributed by atoms with E-state index in [2.05, 4.69) is 4.98 Å². The maximum absolute atomic E-state index is 14.3. The van der Waals surface area contributed by atoms with Crippen LogP contribution in [0.1, 0.15) is 27.5 Å². The predicted octanol–water partition coefficient (Wildman–Crippen LogP) is 7.08. The van der Waals surface area contributed by atoms with Gasteiger partial charge in [-0.2, -0.15) is 0 Å². The van der Waals surface area contributed by atoms with Gasteiger partial charge in [0, 0.05) is 16.3 Å². The van der Waals surface area contributed by atoms with Gasteiger partial charge >= 0.3 is 0 Å². The third kappa shape index (κ3) is 4.74. The van der Waals surface area contributed by atoms with Gasteiger partial charge in [-0.25, -0.2) is 14.4 Å². The molecule has 0 bridgehead atoms. The molecule has 0 unspecified atom stereocenters. The number of para-hydroxylation sites is 1. The summed E-state index contributed by atoms with van der Waals surface area (Å²) in [6.07, 6.45) is 0.585. The van der Waals surface area contributed by atoms with Crippen LogP contribution in [0.4, 0.5) is 4.39 Å². The summed E-state index contributed by atoms with van der Waals surface area (Å²) in [4.78, 5) is 26.4. The monoisotopic (exact) mass is 531 g/mol. The number of halogens is 1. The quantitative estimate of drug-likeness (QED) is 0.254. The molecule has 8 heteroatoms. The first-order valence-corrected chi connectivity index (χ1v) is 13.6. The van der Waals surface area contributed by atoms with Crippen LogP contribution in [0.15, 0.2) is 59.4 Å². The van der Waals surface area contributed by atoms with Crippen LogP contribution in [0.2, 0.25) is 0 Å². The second kappa shape index (κ2) is 10.0. The summed E-state index contributed by atoms with van der Waals surface area (Å²) < 4.78 is 15.8. The van der Waals surface area contributed by atoms with Crippen LogP contribution in [0.25, 0.3) is 31.6 Å². The van der Waals surface area contributed by atoms with Crippen molar-refractivity contribution in [3.63, 3.8) is 0 Å². The number of rotatable bonds is 6. The normalized spacial score (nSPS) is 11.3. The summed E-state index contributed by atoms with van der Waals surface area (Å²) in [5, 5.41) is 11.5. The van der Waals surface area contributed by atoms with Crippen molar-refractivity contribution in [1.29, 1.82) is 0 Å². The molecule has 5 nitrogen and oxygen atoms in total. The van der Waals surface area contributed by atoms with Gasteiger partial charge in [0.2, 0.25) is 0 Å². The van der Waals surface area contributed by atoms with Crippen molar-refractivity contribution in [1.82, 2.24) is 14.5 Å². The second-order valence-corrected chi connectivity index (χ2v) is 11.2. The summed E-state index contributed by atoms with van der Waals surface area (Å²) in [7, 11) is 0. The first kappa shape index (κ1) is 25.0. The number of nitrogens with zero attached hydrogens (tertiary/aromatic N) is 3. The third-order valence-electron chi connectivity index (χ3n) is 6.32. The minimum Gasteiger partial charge on any atom is -0.504 e. The number of aromatic hydroxyl groups is 1. The Morgan fingerprint density at radius 1 is 0.919 bits per heavy atom. The van der Waals surface area contributed by atoms with E-state index in [-0.39, 0.29) is 16.9 Å². The number of thiophene rings is 1. The van der Waals surface area contributed by atoms with Gasteiger partial charge < -0.3 is 5.11 Å². The molecule has 0 spiro atoms. The fourth-order valence-electron chi connectivity index (χ4n) is 4.51. The van der Waals surface area contributed by atoms with E-state index in [9.17, 15) is 14.3 Å². The summed E-state index contributed by atoms with van der Waals surface area (Å²) in [5.74, 6) is -1.02. The molecule has 0 amide bonds. The third-order valence-corrected chi connectivity index (χ3v) is 8.81. The average molecular weight is 532 g/mol. The van der Waals surface area contributed by atoms with E-state index in [0.717, 1.165) is 36.5 Å². The predicted molar refractivity (Wildman–Crippen MR) is 149 cm³/mol. The molecular weight excluding hydrogens is 505 g/mol. The summed E-state index contributed by atoms with van der Waals surface area (Å²) in [6.45, 7) is 8.15. The van der Waals surface area contributed by atoms with Gasteiger partial charge in [0.15, 0.2) is 11.6 Å². The lowest BCUT2D eigenvalue weighted by molar-refractivity contribution is 0.433. The highest BCUT2D eigenvalue weighted by atomic mass is 32.1. The molecule has 37 heavy (non-hydrogen) atoms. The number of aromatic nitrogens is 3. The number of hydrogen-bond acceptors (Lipinski definition) is 6. The molecule has 0 atom stereocenters. The highest BCUT2D eigenvalue weighted by Crippen LogP contribution is 2.42. The van der Waals surface area contributed by atoms with Crippen molar-refractivity contribution in [2.75, 3.05) is 0 Å². The van der Waals surface area contributed by atoms with Gasteiger partial charge in [-0.15, -0.1) is 22.7 Å². The first-order chi connectivity index (χ1) is 17.7. The van der Waals surface area contributed by atoms with Crippen molar-refractivity contribution in [2.45, 2.75) is 40.7 Å². The molecule has 5 rings (SSSR count). The largest absolute Gasteiger partial charge is 0.504 e. The maximum Gasteiger partial charge on any atom is 0.262 e. The van der Waals surface area contributed by atoms with Crippen molar-refractivity contribution in [2.24, 2.45) is 0 Å². The number of benzene rings is 2. The molecule has 3 aromatic heterocycles. The Balaban J connectivity index is 1.68. The van der Waals surface area contributed by atoms with E-state index < -0.39 is 11.6 Å². The SMILES string of the molecule is Cc1nc(C)c(-c2sc(-c3c(C)nc(-c4cccc(F)c4O)n(CCc4ccccc4)c3=O)cc2C)s1. The van der Waals surface area contributed by atoms with Crippen LogP contribution in [0.3, 0.4) is 0 Å². The van der Waals surface area contributed by atoms with Gasteiger partial charge in [-0.05, 0) is 63.4 Å². The van der Waals surface area contributed by atoms with Gasteiger partial charge in [0.25, 0.3) is 5.56 Å². The van der Waals surface area contributed by atoms with Crippen molar-refractivity contribution < 1.29 is 9.50 Å². The summed E-state index contributed by atoms with van der Waals surface area (Å²) in [6, 6.07) is 16.2. The molecule has 0 saturated heterocycles. The maximum atomic E-state index is 14.3. The molecule has 1 N–H and O–H groups in total. The molecule has 0 fully saturated rings. The Kier molecular flexibility index (Phi) is 6.79. The van der Waals surface area contributed by atoms with Crippen LogP contribution in [0, 0.1) is 33.5 Å². The minimum absolute atomic E-state index is 0.193. The Hall–Kier alpha value is -3.62. The molecule has 0 aliphatic heterocycles. The lowest BCUT2D eigenvalue weighted by Crippen LogP contribution is -2.27. The molecule has 5 aromatic rings. The Morgan fingerprint density at radius 2 is 1.68 bits per heavy atom. The van der Waals surface area contributed by atoms with Gasteiger partial charge in [0.05, 0.1) is 32.4 Å². The Bertz CT molecular complexity index is 1670. The topological polar surface area (TPSA) is 68.0 Å². The zero-order valence-electron chi connectivity index (χ0n) is 21.0. The Labute approximate surface area is 222 Å². The molecule has 0 radical (unpaired) electrons. The van der Waals surface area contributed by atoms with Crippen LogP contribution in [0.5, 0.6) is 5.75 Å². The average Bonchev–Trinajstić information content (AvgIpc) is 3.40. The Morgan fingerprint density at radius 3 is 2.38 bits per heavy atom. The first-order valence-electron chi connectivity index (χ1n) is 11.9. The fraction of sp³-hybridized carbons (Fsp3) is 0.207. The molecule has 0 aliphatic carbocycles. The zero-order valence-corrected chi connectivity index (χ0v) is 22.6. The van der Waals surface area contributed by atoms with Gasteiger partial charge in [0.1, 0.15) is 5.82 Å². The number of hydrogen-bond donors (Lipinski definition) is 1. The van der Waals surface area contributed by atoms with E-state index in [4.69, 9.17) is 4.98 Å². The molecule has 2 aromatic carbocycles. The van der Waals surface area contributed by atoms with E-state index in [1.165, 1.54) is 12.1 Å². The number of phenols is 1. The lowest BCUT2D eigenvalue weighted by atomic mass is 10.1. The van der Waals surface area contributed by atoms with E-state index >= 15 is 0 Å². The zero-order chi connectivity index (χ0) is 26.3. The lowest BCUT2D eigenvalue weighted by Gasteiger charge is -2.16. The van der Waals surface area contributed by atoms with Crippen LogP contribution in [-0.4, -0.2) is 19.6 Å². The highest BCUT2D eigenvalue weighted by molar-refractivity contribution is 7.24. The van der Waals surface area contributed by atoms with Crippen LogP contribution < -0.4 is 5.56 Å². The second-order valence-electron chi connectivity index (χ2n) is 8.99. The molecule has 0 aliphatic rings. The smallest absolute Gasteiger partial charge is 0.262 e.